The van der Waals surface area contributed by atoms with Gasteiger partial charge in [-0.05, 0) is 5.75 Å². The molecule has 0 aromatic rings. The summed E-state index contributed by atoms with van der Waals surface area (Å²) >= 11 is 7.98. The molecule has 0 heterocycles. The molecule has 8 heteroatoms. The molecular weight excluding hydrogens is 302 g/mol. The number of hydrogen-bond acceptors (Lipinski definition) is 7. The number of hydrogen-bond donors (Lipinski definition) is 2. The van der Waals surface area contributed by atoms with Crippen LogP contribution in [0.3, 0.4) is 0 Å². The number of thioether (sulfide) groups is 5. The molecule has 0 fully saturated rings. The van der Waals surface area contributed by atoms with E-state index in [9.17, 15) is 4.79 Å². The average molecular weight is 320 g/mol. The molecule has 0 aromatic heterocycles. The van der Waals surface area contributed by atoms with Crippen LogP contribution in [0.15, 0.2) is 0 Å². The van der Waals surface area contributed by atoms with Gasteiger partial charge in [-0.25, -0.2) is 0 Å². The van der Waals surface area contributed by atoms with E-state index in [1.807, 2.05) is 11.8 Å². The van der Waals surface area contributed by atoms with Crippen molar-refractivity contribution in [3.05, 3.63) is 0 Å². The van der Waals surface area contributed by atoms with Crippen LogP contribution in [0.25, 0.3) is 0 Å². The largest absolute Gasteiger partial charge is 0.386 e. The molecule has 0 bridgehead atoms. The molecule has 16 heavy (non-hydrogen) atoms. The Morgan fingerprint density at radius 1 is 1.12 bits per heavy atom. The summed E-state index contributed by atoms with van der Waals surface area (Å²) < 4.78 is 0. The van der Waals surface area contributed by atoms with Crippen LogP contribution in [-0.4, -0.2) is 43.2 Å². The highest BCUT2D eigenvalue weighted by Gasteiger charge is 2.00. The number of aliphatic hydroxyl groups excluding tert-OH is 1. The second-order valence-electron chi connectivity index (χ2n) is 2.34. The zero-order valence-electron chi connectivity index (χ0n) is 9.14. The molecule has 96 valence electrons. The topological polar surface area (TPSA) is 49.3 Å². The van der Waals surface area contributed by atoms with Crippen molar-refractivity contribution in [1.29, 1.82) is 0 Å². The third-order valence-electron chi connectivity index (χ3n) is 1.22. The molecule has 0 aliphatic rings. The van der Waals surface area contributed by atoms with Crippen LogP contribution >= 0.6 is 58.8 Å². The fourth-order valence-corrected chi connectivity index (χ4v) is 4.96. The Hall–Kier alpha value is 1.18. The predicted molar refractivity (Wildman–Crippen MR) is 83.6 cm³/mol. The van der Waals surface area contributed by atoms with Gasteiger partial charge in [-0.3, -0.25) is 4.79 Å². The van der Waals surface area contributed by atoms with Gasteiger partial charge < -0.3 is 10.4 Å². The molecule has 0 spiro atoms. The molecule has 0 radical (unpaired) electrons. The Labute approximate surface area is 118 Å². The monoisotopic (exact) mass is 319 g/mol. The molecule has 0 saturated heterocycles. The summed E-state index contributed by atoms with van der Waals surface area (Å²) in [5.74, 6) is 1.96. The summed E-state index contributed by atoms with van der Waals surface area (Å²) in [7, 11) is 0. The SMILES string of the molecule is CCSCSCNC(=O)SCSCSCO. The highest BCUT2D eigenvalue weighted by Crippen LogP contribution is 2.17. The van der Waals surface area contributed by atoms with E-state index in [1.54, 1.807) is 23.5 Å². The Balaban J connectivity index is 3.12. The first-order valence-electron chi connectivity index (χ1n) is 4.63. The number of aliphatic hydroxyl groups is 1. The summed E-state index contributed by atoms with van der Waals surface area (Å²) in [5.41, 5.74) is 0. The fourth-order valence-electron chi connectivity index (χ4n) is 0.570. The molecule has 0 aliphatic heterocycles. The lowest BCUT2D eigenvalue weighted by molar-refractivity contribution is 0.262. The molecule has 3 nitrogen and oxygen atoms in total. The van der Waals surface area contributed by atoms with Gasteiger partial charge in [-0.1, -0.05) is 18.7 Å². The fraction of sp³-hybridized carbons (Fsp3) is 0.875. The van der Waals surface area contributed by atoms with Crippen molar-refractivity contribution in [2.75, 3.05) is 32.8 Å². The molecular formula is C8H17NO2S5. The van der Waals surface area contributed by atoms with E-state index in [0.29, 0.717) is 5.88 Å². The predicted octanol–water partition coefficient (Wildman–Crippen LogP) is 3.16. The highest BCUT2D eigenvalue weighted by atomic mass is 32.2. The Kier molecular flexibility index (Phi) is 15.3. The normalized spacial score (nSPS) is 10.4. The van der Waals surface area contributed by atoms with Gasteiger partial charge in [-0.2, -0.15) is 11.8 Å². The minimum Gasteiger partial charge on any atom is -0.386 e. The molecule has 1 amide bonds. The van der Waals surface area contributed by atoms with E-state index in [-0.39, 0.29) is 11.2 Å². The lowest BCUT2D eigenvalue weighted by atomic mass is 11.0. The quantitative estimate of drug-likeness (QED) is 0.474. The highest BCUT2D eigenvalue weighted by molar-refractivity contribution is 8.27. The first-order chi connectivity index (χ1) is 7.81. The maximum absolute atomic E-state index is 11.3. The van der Waals surface area contributed by atoms with Gasteiger partial charge in [0.25, 0.3) is 5.24 Å². The molecule has 0 saturated carbocycles. The Morgan fingerprint density at radius 3 is 2.56 bits per heavy atom. The van der Waals surface area contributed by atoms with Crippen molar-refractivity contribution in [3.63, 3.8) is 0 Å². The second kappa shape index (κ2) is 14.2. The number of rotatable bonds is 10. The van der Waals surface area contributed by atoms with Crippen LogP contribution in [0.1, 0.15) is 6.92 Å². The number of carbonyl (C=O) groups excluding carboxylic acids is 1. The van der Waals surface area contributed by atoms with Crippen molar-refractivity contribution in [2.24, 2.45) is 0 Å². The first kappa shape index (κ1) is 17.2. The number of nitrogens with one attached hydrogen (secondary N) is 1. The smallest absolute Gasteiger partial charge is 0.280 e. The van der Waals surface area contributed by atoms with E-state index in [0.717, 1.165) is 21.0 Å². The second-order valence-corrected chi connectivity index (χ2v) is 8.59. The molecule has 2 N–H and O–H groups in total. The van der Waals surface area contributed by atoms with Crippen LogP contribution in [-0.2, 0) is 0 Å². The van der Waals surface area contributed by atoms with E-state index >= 15 is 0 Å². The number of amides is 1. The van der Waals surface area contributed by atoms with E-state index in [2.05, 4.69) is 12.2 Å². The van der Waals surface area contributed by atoms with E-state index in [4.69, 9.17) is 5.11 Å². The van der Waals surface area contributed by atoms with Crippen molar-refractivity contribution < 1.29 is 9.90 Å². The third-order valence-corrected chi connectivity index (χ3v) is 6.37. The van der Waals surface area contributed by atoms with Gasteiger partial charge in [0.05, 0.1) is 11.8 Å². The lowest BCUT2D eigenvalue weighted by Crippen LogP contribution is -2.17. The van der Waals surface area contributed by atoms with Gasteiger partial charge in [-0.15, -0.1) is 35.3 Å². The van der Waals surface area contributed by atoms with Crippen molar-refractivity contribution in [3.8, 4) is 0 Å². The summed E-state index contributed by atoms with van der Waals surface area (Å²) in [5, 5.41) is 14.0. The van der Waals surface area contributed by atoms with Crippen LogP contribution < -0.4 is 5.32 Å². The van der Waals surface area contributed by atoms with Gasteiger partial charge in [0.2, 0.25) is 0 Å². The molecule has 0 rings (SSSR count). The van der Waals surface area contributed by atoms with E-state index < -0.39 is 0 Å². The minimum atomic E-state index is 0.0375. The molecule has 0 aliphatic carbocycles. The van der Waals surface area contributed by atoms with Crippen LogP contribution in [0.4, 0.5) is 4.79 Å². The molecule has 0 aromatic carbocycles. The zero-order valence-corrected chi connectivity index (χ0v) is 13.2. The van der Waals surface area contributed by atoms with Gasteiger partial charge in [0.15, 0.2) is 0 Å². The van der Waals surface area contributed by atoms with Crippen LogP contribution in [0.5, 0.6) is 0 Å². The Morgan fingerprint density at radius 2 is 1.88 bits per heavy atom. The lowest BCUT2D eigenvalue weighted by Gasteiger charge is -2.03. The third kappa shape index (κ3) is 13.2. The maximum atomic E-state index is 11.3. The van der Waals surface area contributed by atoms with Crippen molar-refractivity contribution >= 4 is 64.0 Å². The van der Waals surface area contributed by atoms with Gasteiger partial charge in [0.1, 0.15) is 0 Å². The first-order valence-corrected chi connectivity index (χ1v) is 10.2. The van der Waals surface area contributed by atoms with Gasteiger partial charge >= 0.3 is 0 Å². The maximum Gasteiger partial charge on any atom is 0.280 e. The van der Waals surface area contributed by atoms with Gasteiger partial charge in [0, 0.05) is 15.3 Å². The summed E-state index contributed by atoms with van der Waals surface area (Å²) in [6.45, 7) is 2.13. The summed E-state index contributed by atoms with van der Waals surface area (Å²) in [4.78, 5) is 11.3. The van der Waals surface area contributed by atoms with Crippen molar-refractivity contribution in [2.45, 2.75) is 6.92 Å². The summed E-state index contributed by atoms with van der Waals surface area (Å²) in [6.07, 6.45) is 0. The number of carbonyl (C=O) groups is 1. The standard InChI is InChI=1S/C8H17NO2S5/c1-2-12-5-13-3-9-8(11)16-7-15-6-14-4-10/h10H,2-7H2,1H3,(H,9,11). The van der Waals surface area contributed by atoms with Crippen LogP contribution in [0.2, 0.25) is 0 Å². The molecule has 0 unspecified atom stereocenters. The molecule has 0 atom stereocenters. The zero-order chi connectivity index (χ0) is 12.1. The van der Waals surface area contributed by atoms with E-state index in [1.165, 1.54) is 23.5 Å². The Bertz CT molecular complexity index is 157. The minimum absolute atomic E-state index is 0.0375. The summed E-state index contributed by atoms with van der Waals surface area (Å²) in [6, 6.07) is 0. The van der Waals surface area contributed by atoms with Crippen LogP contribution in [0, 0.1) is 0 Å². The van der Waals surface area contributed by atoms with Crippen molar-refractivity contribution in [1.82, 2.24) is 5.32 Å². The average Bonchev–Trinajstić information content (AvgIpc) is 2.28.